The summed E-state index contributed by atoms with van der Waals surface area (Å²) in [6, 6.07) is 6.03. The Morgan fingerprint density at radius 2 is 1.85 bits per heavy atom. The average molecular weight is 643 g/mol. The van der Waals surface area contributed by atoms with Crippen molar-refractivity contribution in [3.63, 3.8) is 0 Å². The summed E-state index contributed by atoms with van der Waals surface area (Å²) in [5, 5.41) is 0. The third-order valence-corrected chi connectivity index (χ3v) is 7.49. The van der Waals surface area contributed by atoms with Crippen LogP contribution in [0, 0.1) is 11.3 Å². The van der Waals surface area contributed by atoms with Crippen LogP contribution in [-0.2, 0) is 31.8 Å². The van der Waals surface area contributed by atoms with Crippen LogP contribution in [0.15, 0.2) is 53.7 Å². The highest BCUT2D eigenvalue weighted by Gasteiger charge is 2.60. The maximum absolute atomic E-state index is 13.6. The Hall–Kier alpha value is -3.12. The van der Waals surface area contributed by atoms with Crippen LogP contribution in [0.4, 0.5) is 18.0 Å². The molecule has 1 saturated heterocycles. The molecular weight excluding hydrogens is 609 g/mol. The van der Waals surface area contributed by atoms with E-state index in [1.54, 1.807) is 31.2 Å². The molecule has 1 aliphatic rings. The minimum atomic E-state index is -4.63. The Balaban J connectivity index is 2.21. The van der Waals surface area contributed by atoms with Crippen molar-refractivity contribution < 1.29 is 41.7 Å². The van der Waals surface area contributed by atoms with Gasteiger partial charge in [0.2, 0.25) is 5.88 Å². The number of nitrogens with zero attached hydrogens (tertiary/aromatic N) is 2. The first kappa shape index (κ1) is 32.4. The number of halogens is 4. The number of pyridine rings is 1. The first-order chi connectivity index (χ1) is 19.3. The molecule has 12 heteroatoms. The van der Waals surface area contributed by atoms with E-state index in [4.69, 9.17) is 18.9 Å². The third kappa shape index (κ3) is 7.21. The van der Waals surface area contributed by atoms with Gasteiger partial charge >= 0.3 is 18.2 Å². The fraction of sp³-hybridized carbons (Fsp3) is 0.483. The molecular formula is C29H34BrF3N2O6. The molecule has 2 aromatic rings. The second-order valence-corrected chi connectivity index (χ2v) is 11.3. The second kappa shape index (κ2) is 13.2. The SMILES string of the molecule is C=CCOC(=O)N1[C@H](C(=O)OCC)[C@@H](C(C)(C)C)[C@@H](OCc2cc(C(F)(F)F)cnc2OC)[C@@H]1c1ccccc1Br. The van der Waals surface area contributed by atoms with E-state index < -0.39 is 53.3 Å². The molecule has 2 heterocycles. The standard InChI is InChI=1S/C29H34BrF3N2O6/c1-7-13-40-27(37)35-22(19-11-9-10-12-20(19)30)24(21(28(3,4)5)23(35)26(36)39-8-2)41-16-17-14-18(29(31,32)33)15-34-25(17)38-6/h7,9-12,14-15,21-24H,1,8,13,16H2,2-6H3/t21-,22+,23+,24-/m1/s1. The van der Waals surface area contributed by atoms with E-state index in [9.17, 15) is 22.8 Å². The van der Waals surface area contributed by atoms with Gasteiger partial charge in [-0.25, -0.2) is 14.6 Å². The predicted molar refractivity (Wildman–Crippen MR) is 148 cm³/mol. The molecule has 4 atom stereocenters. The topological polar surface area (TPSA) is 87.2 Å². The summed E-state index contributed by atoms with van der Waals surface area (Å²) in [6.07, 6.45) is -4.22. The van der Waals surface area contributed by atoms with Gasteiger partial charge in [-0.3, -0.25) is 4.90 Å². The van der Waals surface area contributed by atoms with Crippen LogP contribution in [0.5, 0.6) is 5.88 Å². The number of hydrogen-bond donors (Lipinski definition) is 0. The Morgan fingerprint density at radius 1 is 1.17 bits per heavy atom. The maximum atomic E-state index is 13.6. The Morgan fingerprint density at radius 3 is 2.41 bits per heavy atom. The van der Waals surface area contributed by atoms with Gasteiger partial charge in [0.25, 0.3) is 0 Å². The number of rotatable bonds is 9. The summed E-state index contributed by atoms with van der Waals surface area (Å²) in [4.78, 5) is 32.2. The normalized spacial score (nSPS) is 21.0. The molecule has 1 aliphatic heterocycles. The molecule has 41 heavy (non-hydrogen) atoms. The van der Waals surface area contributed by atoms with Crippen molar-refractivity contribution >= 4 is 28.0 Å². The number of amides is 1. The molecule has 0 aliphatic carbocycles. The van der Waals surface area contributed by atoms with E-state index in [0.29, 0.717) is 16.2 Å². The molecule has 224 valence electrons. The summed E-state index contributed by atoms with van der Waals surface area (Å²) < 4.78 is 63.6. The lowest BCUT2D eigenvalue weighted by Gasteiger charge is -2.35. The van der Waals surface area contributed by atoms with Crippen molar-refractivity contribution in [2.24, 2.45) is 11.3 Å². The molecule has 1 fully saturated rings. The third-order valence-electron chi connectivity index (χ3n) is 6.77. The summed E-state index contributed by atoms with van der Waals surface area (Å²) in [6.45, 7) is 10.5. The number of carbonyl (C=O) groups excluding carboxylic acids is 2. The number of carbonyl (C=O) groups is 2. The number of aromatic nitrogens is 1. The van der Waals surface area contributed by atoms with Crippen molar-refractivity contribution in [3.05, 3.63) is 70.3 Å². The van der Waals surface area contributed by atoms with E-state index in [2.05, 4.69) is 27.5 Å². The van der Waals surface area contributed by atoms with Gasteiger partial charge in [0.1, 0.15) is 12.6 Å². The van der Waals surface area contributed by atoms with Crippen molar-refractivity contribution in [1.82, 2.24) is 9.88 Å². The highest BCUT2D eigenvalue weighted by Crippen LogP contribution is 2.51. The lowest BCUT2D eigenvalue weighted by atomic mass is 9.73. The molecule has 1 aromatic heterocycles. The Kier molecular flexibility index (Phi) is 10.5. The lowest BCUT2D eigenvalue weighted by molar-refractivity contribution is -0.151. The monoisotopic (exact) mass is 642 g/mol. The zero-order valence-electron chi connectivity index (χ0n) is 23.5. The number of esters is 1. The second-order valence-electron chi connectivity index (χ2n) is 10.5. The van der Waals surface area contributed by atoms with Gasteiger partial charge in [-0.05, 0) is 30.0 Å². The molecule has 1 aromatic carbocycles. The van der Waals surface area contributed by atoms with Crippen molar-refractivity contribution in [2.45, 2.75) is 58.7 Å². The first-order valence-corrected chi connectivity index (χ1v) is 13.7. The molecule has 1 amide bonds. The molecule has 0 radical (unpaired) electrons. The predicted octanol–water partition coefficient (Wildman–Crippen LogP) is 6.73. The molecule has 0 bridgehead atoms. The van der Waals surface area contributed by atoms with Gasteiger partial charge in [-0.1, -0.05) is 67.6 Å². The van der Waals surface area contributed by atoms with Gasteiger partial charge in [-0.2, -0.15) is 13.2 Å². The average Bonchev–Trinajstić information content (AvgIpc) is 3.26. The van der Waals surface area contributed by atoms with Crippen LogP contribution >= 0.6 is 15.9 Å². The van der Waals surface area contributed by atoms with Gasteiger partial charge in [0.05, 0.1) is 38.0 Å². The smallest absolute Gasteiger partial charge is 0.417 e. The van der Waals surface area contributed by atoms with Crippen LogP contribution in [-0.4, -0.2) is 54.4 Å². The van der Waals surface area contributed by atoms with Crippen LogP contribution < -0.4 is 4.74 Å². The van der Waals surface area contributed by atoms with Crippen molar-refractivity contribution in [2.75, 3.05) is 20.3 Å². The summed E-state index contributed by atoms with van der Waals surface area (Å²) >= 11 is 3.55. The Labute approximate surface area is 245 Å². The molecule has 0 unspecified atom stereocenters. The zero-order valence-corrected chi connectivity index (χ0v) is 25.1. The number of ether oxygens (including phenoxy) is 4. The zero-order chi connectivity index (χ0) is 30.5. The van der Waals surface area contributed by atoms with Gasteiger partial charge in [-0.15, -0.1) is 0 Å². The van der Waals surface area contributed by atoms with Crippen LogP contribution in [0.3, 0.4) is 0 Å². The van der Waals surface area contributed by atoms with Gasteiger partial charge < -0.3 is 18.9 Å². The van der Waals surface area contributed by atoms with Gasteiger partial charge in [0, 0.05) is 22.2 Å². The minimum Gasteiger partial charge on any atom is -0.481 e. The highest BCUT2D eigenvalue weighted by atomic mass is 79.9. The molecule has 0 saturated carbocycles. The Bertz CT molecular complexity index is 1250. The van der Waals surface area contributed by atoms with E-state index in [-0.39, 0.29) is 31.3 Å². The fourth-order valence-corrected chi connectivity index (χ4v) is 5.65. The van der Waals surface area contributed by atoms with Crippen molar-refractivity contribution in [1.29, 1.82) is 0 Å². The maximum Gasteiger partial charge on any atom is 0.417 e. The number of benzene rings is 1. The number of alkyl halides is 3. The van der Waals surface area contributed by atoms with Gasteiger partial charge in [0.15, 0.2) is 0 Å². The fourth-order valence-electron chi connectivity index (χ4n) is 5.13. The van der Waals surface area contributed by atoms with Crippen LogP contribution in [0.2, 0.25) is 0 Å². The van der Waals surface area contributed by atoms with E-state index in [1.165, 1.54) is 18.1 Å². The summed E-state index contributed by atoms with van der Waals surface area (Å²) in [5.74, 6) is -1.35. The molecule has 0 spiro atoms. The highest BCUT2D eigenvalue weighted by molar-refractivity contribution is 9.10. The quantitative estimate of drug-likeness (QED) is 0.221. The number of hydrogen-bond acceptors (Lipinski definition) is 7. The van der Waals surface area contributed by atoms with E-state index in [0.717, 1.165) is 6.07 Å². The lowest BCUT2D eigenvalue weighted by Crippen LogP contribution is -2.48. The minimum absolute atomic E-state index is 0.0371. The first-order valence-electron chi connectivity index (χ1n) is 12.9. The van der Waals surface area contributed by atoms with Crippen LogP contribution in [0.25, 0.3) is 0 Å². The van der Waals surface area contributed by atoms with Crippen LogP contribution in [0.1, 0.15) is 50.4 Å². The van der Waals surface area contributed by atoms with E-state index in [1.807, 2.05) is 20.8 Å². The summed E-state index contributed by atoms with van der Waals surface area (Å²) in [7, 11) is 1.30. The molecule has 8 nitrogen and oxygen atoms in total. The largest absolute Gasteiger partial charge is 0.481 e. The molecule has 0 N–H and O–H groups in total. The summed E-state index contributed by atoms with van der Waals surface area (Å²) in [5.41, 5.74) is -0.938. The van der Waals surface area contributed by atoms with E-state index >= 15 is 0 Å². The van der Waals surface area contributed by atoms with Crippen molar-refractivity contribution in [3.8, 4) is 5.88 Å². The molecule has 3 rings (SSSR count). The number of likely N-dealkylation sites (tertiary alicyclic amines) is 1. The number of methoxy groups -OCH3 is 1.